The topological polar surface area (TPSA) is 21.3 Å². The van der Waals surface area contributed by atoms with E-state index in [4.69, 9.17) is 4.74 Å². The number of hydrogen-bond donors (Lipinski definition) is 1. The molecule has 2 atom stereocenters. The molecule has 0 fully saturated rings. The van der Waals surface area contributed by atoms with Crippen LogP contribution >= 0.6 is 11.3 Å². The number of hydrogen-bond acceptors (Lipinski definition) is 3. The maximum atomic E-state index is 5.73. The van der Waals surface area contributed by atoms with Crippen LogP contribution in [0.4, 0.5) is 0 Å². The lowest BCUT2D eigenvalue weighted by atomic mass is 10.0. The molecule has 0 radical (unpaired) electrons. The number of rotatable bonds is 2. The molecule has 0 unspecified atom stereocenters. The van der Waals surface area contributed by atoms with Gasteiger partial charge in [-0.2, -0.15) is 0 Å². The summed E-state index contributed by atoms with van der Waals surface area (Å²) in [7, 11) is 0. The predicted molar refractivity (Wildman–Crippen MR) is 55.0 cm³/mol. The summed E-state index contributed by atoms with van der Waals surface area (Å²) in [4.78, 5) is 1.41. The van der Waals surface area contributed by atoms with Gasteiger partial charge in [-0.15, -0.1) is 11.3 Å². The predicted octanol–water partition coefficient (Wildman–Crippen LogP) is 2.32. The molecule has 1 N–H and O–H groups in total. The van der Waals surface area contributed by atoms with Crippen molar-refractivity contribution in [1.29, 1.82) is 0 Å². The number of fused-ring (bicyclic) bond motifs is 1. The lowest BCUT2D eigenvalue weighted by molar-refractivity contribution is 0.0340. The molecule has 72 valence electrons. The fraction of sp³-hybridized carbons (Fsp3) is 0.600. The second-order valence-corrected chi connectivity index (χ2v) is 4.30. The highest BCUT2D eigenvalue weighted by Gasteiger charge is 2.27. The minimum atomic E-state index is 0.258. The summed E-state index contributed by atoms with van der Waals surface area (Å²) in [5, 5.41) is 5.59. The molecule has 1 aromatic heterocycles. The number of thiophene rings is 1. The summed E-state index contributed by atoms with van der Waals surface area (Å²) in [5.41, 5.74) is 1.40. The van der Waals surface area contributed by atoms with E-state index in [1.54, 1.807) is 0 Å². The van der Waals surface area contributed by atoms with E-state index in [9.17, 15) is 0 Å². The van der Waals surface area contributed by atoms with Crippen LogP contribution in [0.15, 0.2) is 11.4 Å². The third-order valence-electron chi connectivity index (χ3n) is 2.45. The van der Waals surface area contributed by atoms with Gasteiger partial charge in [-0.1, -0.05) is 0 Å². The summed E-state index contributed by atoms with van der Waals surface area (Å²) in [5.74, 6) is 0. The van der Waals surface area contributed by atoms with E-state index in [2.05, 4.69) is 30.6 Å². The van der Waals surface area contributed by atoms with Crippen LogP contribution in [0.5, 0.6) is 0 Å². The highest BCUT2D eigenvalue weighted by atomic mass is 32.1. The first-order valence-corrected chi connectivity index (χ1v) is 5.62. The highest BCUT2D eigenvalue weighted by molar-refractivity contribution is 7.10. The Morgan fingerprint density at radius 1 is 1.69 bits per heavy atom. The molecule has 13 heavy (non-hydrogen) atoms. The smallest absolute Gasteiger partial charge is 0.107 e. The highest BCUT2D eigenvalue weighted by Crippen LogP contribution is 2.33. The van der Waals surface area contributed by atoms with Crippen molar-refractivity contribution in [2.24, 2.45) is 0 Å². The van der Waals surface area contributed by atoms with E-state index in [-0.39, 0.29) is 6.10 Å². The van der Waals surface area contributed by atoms with E-state index in [1.165, 1.54) is 10.4 Å². The van der Waals surface area contributed by atoms with Crippen molar-refractivity contribution in [2.75, 3.05) is 6.61 Å². The summed E-state index contributed by atoms with van der Waals surface area (Å²) in [6.07, 6.45) is 0.258. The largest absolute Gasteiger partial charge is 0.371 e. The Kier molecular flexibility index (Phi) is 2.67. The molecule has 0 amide bonds. The van der Waals surface area contributed by atoms with Crippen LogP contribution in [0.25, 0.3) is 0 Å². The van der Waals surface area contributed by atoms with Crippen molar-refractivity contribution in [1.82, 2.24) is 5.32 Å². The summed E-state index contributed by atoms with van der Waals surface area (Å²) in [6.45, 7) is 6.01. The van der Waals surface area contributed by atoms with Crippen LogP contribution in [0, 0.1) is 0 Å². The molecule has 2 nitrogen and oxygen atoms in total. The SMILES string of the molecule is CCO[C@@H]1c2sccc2CN[C@@H]1C. The van der Waals surface area contributed by atoms with E-state index in [1.807, 2.05) is 11.3 Å². The molecule has 0 spiro atoms. The molecule has 2 heterocycles. The van der Waals surface area contributed by atoms with Crippen molar-refractivity contribution in [2.45, 2.75) is 32.5 Å². The first-order valence-electron chi connectivity index (χ1n) is 4.74. The number of nitrogens with one attached hydrogen (secondary N) is 1. The van der Waals surface area contributed by atoms with Crippen LogP contribution in [0.1, 0.15) is 30.4 Å². The van der Waals surface area contributed by atoms with Crippen LogP contribution in [0.3, 0.4) is 0 Å². The zero-order valence-electron chi connectivity index (χ0n) is 8.04. The van der Waals surface area contributed by atoms with Gasteiger partial charge < -0.3 is 10.1 Å². The number of ether oxygens (including phenoxy) is 1. The van der Waals surface area contributed by atoms with Crippen molar-refractivity contribution in [3.8, 4) is 0 Å². The maximum Gasteiger partial charge on any atom is 0.107 e. The third kappa shape index (κ3) is 1.64. The molecule has 0 saturated heterocycles. The van der Waals surface area contributed by atoms with E-state index >= 15 is 0 Å². The second-order valence-electron chi connectivity index (χ2n) is 3.36. The Hall–Kier alpha value is -0.380. The Balaban J connectivity index is 2.25. The average molecular weight is 197 g/mol. The summed E-state index contributed by atoms with van der Waals surface area (Å²) >= 11 is 1.81. The van der Waals surface area contributed by atoms with Gasteiger partial charge >= 0.3 is 0 Å². The normalized spacial score (nSPS) is 27.2. The zero-order valence-corrected chi connectivity index (χ0v) is 8.86. The van der Waals surface area contributed by atoms with Crippen LogP contribution in [-0.4, -0.2) is 12.6 Å². The Bertz CT molecular complexity index is 284. The van der Waals surface area contributed by atoms with Crippen LogP contribution in [0.2, 0.25) is 0 Å². The molecular weight excluding hydrogens is 182 g/mol. The van der Waals surface area contributed by atoms with Gasteiger partial charge in [0.15, 0.2) is 0 Å². The standard InChI is InChI=1S/C10H15NOS/c1-3-12-9-7(2)11-6-8-4-5-13-10(8)9/h4-5,7,9,11H,3,6H2,1-2H3/t7-,9+/m1/s1. The van der Waals surface area contributed by atoms with Crippen LogP contribution in [-0.2, 0) is 11.3 Å². The van der Waals surface area contributed by atoms with Gasteiger partial charge in [0, 0.05) is 24.1 Å². The molecule has 0 bridgehead atoms. The lowest BCUT2D eigenvalue weighted by Crippen LogP contribution is -2.37. The van der Waals surface area contributed by atoms with Gasteiger partial charge in [0.05, 0.1) is 0 Å². The zero-order chi connectivity index (χ0) is 9.26. The van der Waals surface area contributed by atoms with Crippen molar-refractivity contribution >= 4 is 11.3 Å². The van der Waals surface area contributed by atoms with Gasteiger partial charge in [0.1, 0.15) is 6.10 Å². The average Bonchev–Trinajstić information content (AvgIpc) is 2.58. The monoisotopic (exact) mass is 197 g/mol. The van der Waals surface area contributed by atoms with Crippen molar-refractivity contribution < 1.29 is 4.74 Å². The first-order chi connectivity index (χ1) is 6.33. The van der Waals surface area contributed by atoms with E-state index in [0.29, 0.717) is 6.04 Å². The van der Waals surface area contributed by atoms with Gasteiger partial charge in [0.25, 0.3) is 0 Å². The Morgan fingerprint density at radius 3 is 3.31 bits per heavy atom. The van der Waals surface area contributed by atoms with Gasteiger partial charge in [-0.3, -0.25) is 0 Å². The summed E-state index contributed by atoms with van der Waals surface area (Å²) < 4.78 is 5.73. The van der Waals surface area contributed by atoms with E-state index < -0.39 is 0 Å². The Labute approximate surface area is 82.9 Å². The van der Waals surface area contributed by atoms with Crippen molar-refractivity contribution in [3.63, 3.8) is 0 Å². The second kappa shape index (κ2) is 3.78. The Morgan fingerprint density at radius 2 is 2.54 bits per heavy atom. The van der Waals surface area contributed by atoms with Gasteiger partial charge in [-0.05, 0) is 30.9 Å². The molecular formula is C10H15NOS. The molecule has 1 aliphatic heterocycles. The maximum absolute atomic E-state index is 5.73. The fourth-order valence-electron chi connectivity index (χ4n) is 1.75. The minimum Gasteiger partial charge on any atom is -0.371 e. The molecule has 0 aliphatic carbocycles. The molecule has 1 aromatic rings. The third-order valence-corrected chi connectivity index (χ3v) is 3.47. The molecule has 0 aromatic carbocycles. The molecule has 1 aliphatic rings. The molecule has 3 heteroatoms. The van der Waals surface area contributed by atoms with Crippen molar-refractivity contribution in [3.05, 3.63) is 21.9 Å². The minimum absolute atomic E-state index is 0.258. The summed E-state index contributed by atoms with van der Waals surface area (Å²) in [6, 6.07) is 2.62. The fourth-order valence-corrected chi connectivity index (χ4v) is 2.82. The van der Waals surface area contributed by atoms with Gasteiger partial charge in [-0.25, -0.2) is 0 Å². The quantitative estimate of drug-likeness (QED) is 0.785. The van der Waals surface area contributed by atoms with E-state index in [0.717, 1.165) is 13.2 Å². The lowest BCUT2D eigenvalue weighted by Gasteiger charge is -2.29. The first kappa shape index (κ1) is 9.19. The molecule has 2 rings (SSSR count). The molecule has 0 saturated carbocycles. The van der Waals surface area contributed by atoms with Gasteiger partial charge in [0.2, 0.25) is 0 Å². The van der Waals surface area contributed by atoms with Crippen LogP contribution < -0.4 is 5.32 Å².